The molecule has 0 saturated carbocycles. The molecular formula is C26H29FN4O2. The molecular weight excluding hydrogens is 419 g/mol. The quantitative estimate of drug-likeness (QED) is 0.582. The number of fused-ring (bicyclic) bond motifs is 1. The smallest absolute Gasteiger partial charge is 0.238 e. The molecule has 1 unspecified atom stereocenters. The Kier molecular flexibility index (Phi) is 7.32. The van der Waals surface area contributed by atoms with E-state index in [-0.39, 0.29) is 30.2 Å². The second-order valence-electron chi connectivity index (χ2n) is 8.47. The number of anilines is 1. The minimum Gasteiger partial charge on any atom is -0.348 e. The molecule has 3 aromatic carbocycles. The van der Waals surface area contributed by atoms with Crippen LogP contribution >= 0.6 is 0 Å². The molecule has 4 rings (SSSR count). The first-order valence-corrected chi connectivity index (χ1v) is 11.2. The molecule has 2 N–H and O–H groups in total. The van der Waals surface area contributed by atoms with Crippen LogP contribution in [-0.4, -0.2) is 60.9 Å². The van der Waals surface area contributed by atoms with Crippen LogP contribution in [0.3, 0.4) is 0 Å². The number of carbonyl (C=O) groups is 2. The highest BCUT2D eigenvalue weighted by molar-refractivity contribution is 5.92. The average Bonchev–Trinajstić information content (AvgIpc) is 2.80. The molecule has 3 aromatic rings. The fraction of sp³-hybridized carbons (Fsp3) is 0.308. The van der Waals surface area contributed by atoms with Crippen LogP contribution in [0.25, 0.3) is 10.8 Å². The van der Waals surface area contributed by atoms with E-state index in [9.17, 15) is 14.0 Å². The molecule has 6 nitrogen and oxygen atoms in total. The lowest BCUT2D eigenvalue weighted by Gasteiger charge is -2.34. The highest BCUT2D eigenvalue weighted by Crippen LogP contribution is 2.24. The molecule has 2 amide bonds. The predicted octanol–water partition coefficient (Wildman–Crippen LogP) is 3.41. The second kappa shape index (κ2) is 10.6. The van der Waals surface area contributed by atoms with E-state index in [1.165, 1.54) is 12.1 Å². The van der Waals surface area contributed by atoms with Crippen molar-refractivity contribution in [1.29, 1.82) is 0 Å². The number of nitrogens with one attached hydrogen (secondary N) is 2. The molecule has 0 radical (unpaired) electrons. The topological polar surface area (TPSA) is 64.7 Å². The van der Waals surface area contributed by atoms with Gasteiger partial charge in [0.05, 0.1) is 19.1 Å². The van der Waals surface area contributed by atoms with Crippen molar-refractivity contribution in [3.05, 3.63) is 78.1 Å². The fourth-order valence-electron chi connectivity index (χ4n) is 4.27. The van der Waals surface area contributed by atoms with Crippen molar-refractivity contribution in [3.8, 4) is 0 Å². The predicted molar refractivity (Wildman–Crippen MR) is 128 cm³/mol. The van der Waals surface area contributed by atoms with Crippen LogP contribution in [-0.2, 0) is 9.59 Å². The third kappa shape index (κ3) is 6.15. The highest BCUT2D eigenvalue weighted by Gasteiger charge is 2.21. The number of hydrogen-bond acceptors (Lipinski definition) is 4. The van der Waals surface area contributed by atoms with Crippen molar-refractivity contribution in [1.82, 2.24) is 15.1 Å². The van der Waals surface area contributed by atoms with E-state index in [4.69, 9.17) is 0 Å². The molecule has 1 aliphatic rings. The third-order valence-corrected chi connectivity index (χ3v) is 5.98. The van der Waals surface area contributed by atoms with Crippen LogP contribution < -0.4 is 10.6 Å². The molecule has 33 heavy (non-hydrogen) atoms. The fourth-order valence-corrected chi connectivity index (χ4v) is 4.27. The summed E-state index contributed by atoms with van der Waals surface area (Å²) in [5.74, 6) is -0.558. The Labute approximate surface area is 193 Å². The van der Waals surface area contributed by atoms with Crippen LogP contribution in [0.1, 0.15) is 18.5 Å². The summed E-state index contributed by atoms with van der Waals surface area (Å²) in [7, 11) is 0. The molecule has 1 heterocycles. The molecule has 172 valence electrons. The van der Waals surface area contributed by atoms with Crippen LogP contribution in [0.5, 0.6) is 0 Å². The number of amides is 2. The van der Waals surface area contributed by atoms with Gasteiger partial charge in [-0.3, -0.25) is 19.4 Å². The van der Waals surface area contributed by atoms with Crippen LogP contribution in [0.2, 0.25) is 0 Å². The van der Waals surface area contributed by atoms with Gasteiger partial charge in [-0.25, -0.2) is 4.39 Å². The molecule has 1 atom stereocenters. The lowest BCUT2D eigenvalue weighted by Crippen LogP contribution is -2.51. The van der Waals surface area contributed by atoms with E-state index in [1.807, 2.05) is 30.0 Å². The van der Waals surface area contributed by atoms with E-state index >= 15 is 0 Å². The van der Waals surface area contributed by atoms with Crippen molar-refractivity contribution < 1.29 is 14.0 Å². The average molecular weight is 449 g/mol. The summed E-state index contributed by atoms with van der Waals surface area (Å²) in [5, 5.41) is 8.16. The Hall–Kier alpha value is -3.29. The number of rotatable bonds is 7. The molecule has 0 spiro atoms. The number of carbonyl (C=O) groups excluding carboxylic acids is 2. The van der Waals surface area contributed by atoms with Crippen molar-refractivity contribution in [3.63, 3.8) is 0 Å². The van der Waals surface area contributed by atoms with Gasteiger partial charge in [0.1, 0.15) is 5.82 Å². The minimum absolute atomic E-state index is 0.00673. The Morgan fingerprint density at radius 2 is 1.52 bits per heavy atom. The number of nitrogens with zero attached hydrogens (tertiary/aromatic N) is 2. The van der Waals surface area contributed by atoms with Crippen LogP contribution in [0.15, 0.2) is 66.7 Å². The Morgan fingerprint density at radius 1 is 0.879 bits per heavy atom. The van der Waals surface area contributed by atoms with Crippen molar-refractivity contribution in [2.24, 2.45) is 0 Å². The third-order valence-electron chi connectivity index (χ3n) is 5.98. The van der Waals surface area contributed by atoms with Gasteiger partial charge in [0.25, 0.3) is 0 Å². The molecule has 7 heteroatoms. The van der Waals surface area contributed by atoms with Gasteiger partial charge in [0.2, 0.25) is 11.8 Å². The Bertz CT molecular complexity index is 1120. The number of benzene rings is 3. The first kappa shape index (κ1) is 22.9. The summed E-state index contributed by atoms with van der Waals surface area (Å²) >= 11 is 0. The summed E-state index contributed by atoms with van der Waals surface area (Å²) in [5.41, 5.74) is 1.56. The first-order valence-electron chi connectivity index (χ1n) is 11.2. The van der Waals surface area contributed by atoms with Gasteiger partial charge in [-0.2, -0.15) is 0 Å². The highest BCUT2D eigenvalue weighted by atomic mass is 19.1. The van der Waals surface area contributed by atoms with E-state index in [2.05, 4.69) is 39.8 Å². The Morgan fingerprint density at radius 3 is 2.24 bits per heavy atom. The maximum absolute atomic E-state index is 13.3. The summed E-state index contributed by atoms with van der Waals surface area (Å²) in [6, 6.07) is 20.1. The molecule has 1 fully saturated rings. The monoisotopic (exact) mass is 448 g/mol. The van der Waals surface area contributed by atoms with Crippen LogP contribution in [0.4, 0.5) is 10.1 Å². The van der Waals surface area contributed by atoms with Gasteiger partial charge < -0.3 is 10.6 Å². The van der Waals surface area contributed by atoms with Gasteiger partial charge in [0.15, 0.2) is 0 Å². The molecule has 1 saturated heterocycles. The first-order chi connectivity index (χ1) is 16.0. The maximum atomic E-state index is 13.3. The van der Waals surface area contributed by atoms with Crippen molar-refractivity contribution in [2.75, 3.05) is 44.6 Å². The molecule has 0 aliphatic carbocycles. The lowest BCUT2D eigenvalue weighted by atomic mass is 10.00. The largest absolute Gasteiger partial charge is 0.348 e. The zero-order valence-corrected chi connectivity index (χ0v) is 18.8. The standard InChI is InChI=1S/C26H29FN4O2/c1-19(23-11-4-7-20-6-2-3-10-24(20)23)28-25(32)17-30-12-14-31(15-13-30)18-26(33)29-22-9-5-8-21(27)16-22/h2-11,16,19H,12-15,17-18H2,1H3,(H,28,32)(H,29,33). The van der Waals surface area contributed by atoms with Crippen LogP contribution in [0, 0.1) is 5.82 Å². The SMILES string of the molecule is CC(NC(=O)CN1CCN(CC(=O)Nc2cccc(F)c2)CC1)c1cccc2ccccc12. The van der Waals surface area contributed by atoms with Gasteiger partial charge in [0, 0.05) is 31.9 Å². The number of hydrogen-bond donors (Lipinski definition) is 2. The lowest BCUT2D eigenvalue weighted by molar-refractivity contribution is -0.124. The van der Waals surface area contributed by atoms with E-state index in [1.54, 1.807) is 12.1 Å². The normalized spacial score (nSPS) is 15.8. The van der Waals surface area contributed by atoms with Gasteiger partial charge >= 0.3 is 0 Å². The zero-order chi connectivity index (χ0) is 23.2. The molecule has 0 aromatic heterocycles. The summed E-state index contributed by atoms with van der Waals surface area (Å²) in [6.45, 7) is 5.40. The number of piperazine rings is 1. The van der Waals surface area contributed by atoms with Gasteiger partial charge in [-0.15, -0.1) is 0 Å². The van der Waals surface area contributed by atoms with Gasteiger partial charge in [-0.05, 0) is 41.5 Å². The second-order valence-corrected chi connectivity index (χ2v) is 8.47. The number of halogens is 1. The van der Waals surface area contributed by atoms with E-state index < -0.39 is 0 Å². The maximum Gasteiger partial charge on any atom is 0.238 e. The van der Waals surface area contributed by atoms with Gasteiger partial charge in [-0.1, -0.05) is 48.5 Å². The summed E-state index contributed by atoms with van der Waals surface area (Å²) in [4.78, 5) is 29.1. The molecule has 1 aliphatic heterocycles. The zero-order valence-electron chi connectivity index (χ0n) is 18.8. The minimum atomic E-state index is -0.380. The molecule has 0 bridgehead atoms. The van der Waals surface area contributed by atoms with Crippen molar-refractivity contribution >= 4 is 28.3 Å². The summed E-state index contributed by atoms with van der Waals surface area (Å²) < 4.78 is 13.3. The van der Waals surface area contributed by atoms with Crippen molar-refractivity contribution in [2.45, 2.75) is 13.0 Å². The van der Waals surface area contributed by atoms with E-state index in [0.717, 1.165) is 16.3 Å². The summed E-state index contributed by atoms with van der Waals surface area (Å²) in [6.07, 6.45) is 0. The Balaban J connectivity index is 1.22. The van der Waals surface area contributed by atoms with E-state index in [0.29, 0.717) is 38.4 Å².